The van der Waals surface area contributed by atoms with Crippen LogP contribution in [0.1, 0.15) is 18.9 Å². The van der Waals surface area contributed by atoms with Crippen LogP contribution in [0, 0.1) is 10.1 Å². The molecule has 0 saturated carbocycles. The van der Waals surface area contributed by atoms with Crippen molar-refractivity contribution in [3.8, 4) is 0 Å². The second-order valence-corrected chi connectivity index (χ2v) is 8.40. The Morgan fingerprint density at radius 1 is 1.25 bits per heavy atom. The summed E-state index contributed by atoms with van der Waals surface area (Å²) in [5.74, 6) is -0.505. The zero-order chi connectivity index (χ0) is 20.9. The number of rotatable bonds is 8. The van der Waals surface area contributed by atoms with Crippen molar-refractivity contribution >= 4 is 38.9 Å². The van der Waals surface area contributed by atoms with Gasteiger partial charge >= 0.3 is 0 Å². The number of nitro benzene ring substituents is 1. The van der Waals surface area contributed by atoms with Gasteiger partial charge in [0.1, 0.15) is 6.04 Å². The summed E-state index contributed by atoms with van der Waals surface area (Å²) < 4.78 is 25.7. The molecule has 2 rings (SSSR count). The van der Waals surface area contributed by atoms with Crippen LogP contribution < -0.4 is 9.62 Å². The molecule has 10 heteroatoms. The van der Waals surface area contributed by atoms with E-state index < -0.39 is 26.9 Å². The van der Waals surface area contributed by atoms with E-state index >= 15 is 0 Å². The van der Waals surface area contributed by atoms with Gasteiger partial charge in [0, 0.05) is 23.7 Å². The van der Waals surface area contributed by atoms with Crippen molar-refractivity contribution in [1.29, 1.82) is 0 Å². The topological polar surface area (TPSA) is 110 Å². The van der Waals surface area contributed by atoms with Gasteiger partial charge in [0.05, 0.1) is 16.9 Å². The lowest BCUT2D eigenvalue weighted by atomic mass is 10.1. The van der Waals surface area contributed by atoms with Crippen LogP contribution in [0.2, 0.25) is 5.02 Å². The molecule has 0 aliphatic heterocycles. The van der Waals surface area contributed by atoms with Crippen molar-refractivity contribution < 1.29 is 18.1 Å². The number of amides is 1. The van der Waals surface area contributed by atoms with Gasteiger partial charge in [0.25, 0.3) is 5.69 Å². The Kier molecular flexibility index (Phi) is 6.98. The van der Waals surface area contributed by atoms with Gasteiger partial charge in [0.2, 0.25) is 15.9 Å². The summed E-state index contributed by atoms with van der Waals surface area (Å²) in [5, 5.41) is 14.3. The normalized spacial score (nSPS) is 12.2. The maximum Gasteiger partial charge on any atom is 0.271 e. The molecule has 150 valence electrons. The van der Waals surface area contributed by atoms with E-state index in [1.54, 1.807) is 31.2 Å². The zero-order valence-electron chi connectivity index (χ0n) is 15.3. The predicted octanol–water partition coefficient (Wildman–Crippen LogP) is 3.11. The lowest BCUT2D eigenvalue weighted by Gasteiger charge is -2.30. The van der Waals surface area contributed by atoms with E-state index in [9.17, 15) is 23.3 Å². The number of nitrogens with one attached hydrogen (secondary N) is 1. The van der Waals surface area contributed by atoms with Gasteiger partial charge in [-0.15, -0.1) is 0 Å². The fourth-order valence-corrected chi connectivity index (χ4v) is 4.04. The Morgan fingerprint density at radius 3 is 2.43 bits per heavy atom. The lowest BCUT2D eigenvalue weighted by molar-refractivity contribution is -0.384. The summed E-state index contributed by atoms with van der Waals surface area (Å²) >= 11 is 5.83. The molecule has 8 nitrogen and oxygen atoms in total. The molecule has 2 aromatic carbocycles. The number of hydrogen-bond acceptors (Lipinski definition) is 5. The van der Waals surface area contributed by atoms with E-state index in [0.717, 1.165) is 22.2 Å². The van der Waals surface area contributed by atoms with E-state index in [-0.39, 0.29) is 24.3 Å². The van der Waals surface area contributed by atoms with E-state index in [4.69, 9.17) is 11.6 Å². The highest BCUT2D eigenvalue weighted by Gasteiger charge is 2.32. The molecule has 0 aromatic heterocycles. The Labute approximate surface area is 168 Å². The number of carbonyl (C=O) groups excluding carboxylic acids is 1. The quantitative estimate of drug-likeness (QED) is 0.516. The molecule has 1 unspecified atom stereocenters. The monoisotopic (exact) mass is 425 g/mol. The van der Waals surface area contributed by atoms with Gasteiger partial charge in [-0.05, 0) is 30.2 Å². The number of nitro groups is 1. The Hall–Kier alpha value is -2.65. The fraction of sp³-hybridized carbons (Fsp3) is 0.278. The predicted molar refractivity (Wildman–Crippen MR) is 108 cm³/mol. The second-order valence-electron chi connectivity index (χ2n) is 6.10. The average molecular weight is 426 g/mol. The highest BCUT2D eigenvalue weighted by Crippen LogP contribution is 2.26. The summed E-state index contributed by atoms with van der Waals surface area (Å²) in [6.45, 7) is 1.86. The highest BCUT2D eigenvalue weighted by molar-refractivity contribution is 7.92. The standard InChI is InChI=1S/C18H20ClN3O5S/c1-3-17(18(23)20-12-13-7-9-14(19)10-8-13)21(28(2,26)27)15-5-4-6-16(11-15)22(24)25/h4-11,17H,3,12H2,1-2H3,(H,20,23). The van der Waals surface area contributed by atoms with E-state index in [0.29, 0.717) is 5.02 Å². The third kappa shape index (κ3) is 5.43. The van der Waals surface area contributed by atoms with E-state index in [1.807, 2.05) is 0 Å². The van der Waals surface area contributed by atoms with E-state index in [1.165, 1.54) is 18.2 Å². The lowest BCUT2D eigenvalue weighted by Crippen LogP contribution is -2.49. The SMILES string of the molecule is CCC(C(=O)NCc1ccc(Cl)cc1)N(c1cccc([N+](=O)[O-])c1)S(C)(=O)=O. The van der Waals surface area contributed by atoms with Crippen molar-refractivity contribution in [2.45, 2.75) is 25.9 Å². The van der Waals surface area contributed by atoms with Crippen molar-refractivity contribution in [3.05, 3.63) is 69.2 Å². The maximum atomic E-state index is 12.7. The van der Waals surface area contributed by atoms with Crippen LogP contribution in [0.4, 0.5) is 11.4 Å². The molecule has 0 radical (unpaired) electrons. The number of non-ortho nitro benzene ring substituents is 1. The number of sulfonamides is 1. The van der Waals surface area contributed by atoms with Crippen LogP contribution in [-0.2, 0) is 21.4 Å². The molecule has 0 heterocycles. The first-order valence-corrected chi connectivity index (χ1v) is 10.6. The molecule has 1 amide bonds. The molecule has 0 spiro atoms. The molecule has 0 bridgehead atoms. The minimum Gasteiger partial charge on any atom is -0.350 e. The molecule has 1 N–H and O–H groups in total. The molecule has 1 atom stereocenters. The highest BCUT2D eigenvalue weighted by atomic mass is 35.5. The third-order valence-electron chi connectivity index (χ3n) is 4.00. The summed E-state index contributed by atoms with van der Waals surface area (Å²) in [5.41, 5.74) is 0.599. The minimum atomic E-state index is -3.87. The number of halogens is 1. The van der Waals surface area contributed by atoms with Crippen molar-refractivity contribution in [3.63, 3.8) is 0 Å². The summed E-state index contributed by atoms with van der Waals surface area (Å²) in [6.07, 6.45) is 1.14. The van der Waals surface area contributed by atoms with Crippen LogP contribution in [-0.4, -0.2) is 31.5 Å². The Balaban J connectivity index is 2.29. The average Bonchev–Trinajstić information content (AvgIpc) is 2.64. The largest absolute Gasteiger partial charge is 0.350 e. The molecule has 0 aliphatic rings. The molecule has 0 fully saturated rings. The Bertz CT molecular complexity index is 963. The molecular formula is C18H20ClN3O5S. The van der Waals surface area contributed by atoms with Crippen molar-refractivity contribution in [1.82, 2.24) is 5.32 Å². The third-order valence-corrected chi connectivity index (χ3v) is 5.44. The first-order chi connectivity index (χ1) is 13.1. The Morgan fingerprint density at radius 2 is 1.89 bits per heavy atom. The van der Waals surface area contributed by atoms with Crippen LogP contribution in [0.5, 0.6) is 0 Å². The maximum absolute atomic E-state index is 12.7. The van der Waals surface area contributed by atoms with E-state index in [2.05, 4.69) is 5.32 Å². The smallest absolute Gasteiger partial charge is 0.271 e. The molecule has 0 saturated heterocycles. The van der Waals surface area contributed by atoms with Gasteiger partial charge < -0.3 is 5.32 Å². The van der Waals surface area contributed by atoms with Crippen molar-refractivity contribution in [2.24, 2.45) is 0 Å². The minimum absolute atomic E-state index is 0.0604. The molecule has 28 heavy (non-hydrogen) atoms. The van der Waals surface area contributed by atoms with Crippen molar-refractivity contribution in [2.75, 3.05) is 10.6 Å². The van der Waals surface area contributed by atoms with Gasteiger partial charge in [-0.3, -0.25) is 19.2 Å². The number of hydrogen-bond donors (Lipinski definition) is 1. The fourth-order valence-electron chi connectivity index (χ4n) is 2.71. The molecule has 2 aromatic rings. The summed E-state index contributed by atoms with van der Waals surface area (Å²) in [4.78, 5) is 23.1. The van der Waals surface area contributed by atoms with Gasteiger partial charge in [-0.2, -0.15) is 0 Å². The van der Waals surface area contributed by atoms with Gasteiger partial charge in [0.15, 0.2) is 0 Å². The molecule has 0 aliphatic carbocycles. The zero-order valence-corrected chi connectivity index (χ0v) is 16.9. The van der Waals surface area contributed by atoms with Gasteiger partial charge in [-0.1, -0.05) is 36.7 Å². The number of carbonyl (C=O) groups is 1. The van der Waals surface area contributed by atoms with Gasteiger partial charge in [-0.25, -0.2) is 8.42 Å². The van der Waals surface area contributed by atoms with Crippen LogP contribution in [0.25, 0.3) is 0 Å². The van der Waals surface area contributed by atoms with Crippen LogP contribution >= 0.6 is 11.6 Å². The second kappa shape index (κ2) is 9.03. The summed E-state index contributed by atoms with van der Waals surface area (Å²) in [6, 6.07) is 11.0. The first-order valence-electron chi connectivity index (χ1n) is 8.39. The first kappa shape index (κ1) is 21.6. The number of anilines is 1. The number of benzene rings is 2. The number of nitrogens with zero attached hydrogens (tertiary/aromatic N) is 2. The van der Waals surface area contributed by atoms with Crippen LogP contribution in [0.15, 0.2) is 48.5 Å². The molecular weight excluding hydrogens is 406 g/mol. The van der Waals surface area contributed by atoms with Crippen LogP contribution in [0.3, 0.4) is 0 Å². The summed E-state index contributed by atoms with van der Waals surface area (Å²) in [7, 11) is -3.87.